The molecule has 258 valence electrons. The van der Waals surface area contributed by atoms with Crippen molar-refractivity contribution in [3.8, 4) is 23.0 Å². The topological polar surface area (TPSA) is 37.8 Å². The second-order valence-electron chi connectivity index (χ2n) is 13.9. The lowest BCUT2D eigenvalue weighted by atomic mass is 9.33. The van der Waals surface area contributed by atoms with Gasteiger partial charge in [-0.15, -0.1) is 0 Å². The first-order valence-corrected chi connectivity index (χ1v) is 18.6. The average molecular weight is 706 g/mol. The van der Waals surface area contributed by atoms with E-state index in [0.29, 0.717) is 0 Å². The zero-order chi connectivity index (χ0) is 36.3. The number of nitrogens with zero attached hydrogens (tertiary/aromatic N) is 3. The maximum Gasteiger partial charge on any atom is 0.262 e. The highest BCUT2D eigenvalue weighted by molar-refractivity contribution is 7.01. The fraction of sp³-hybridized carbons (Fsp3) is 0. The molecule has 2 aliphatic rings. The Bertz CT molecular complexity index is 2620. The predicted octanol–water partition coefficient (Wildman–Crippen LogP) is 11.1. The number of ether oxygens (including phenoxy) is 2. The Morgan fingerprint density at radius 2 is 0.727 bits per heavy atom. The number of anilines is 6. The molecule has 0 N–H and O–H groups in total. The van der Waals surface area contributed by atoms with Crippen LogP contribution in [0.3, 0.4) is 0 Å². The molecule has 0 saturated carbocycles. The summed E-state index contributed by atoms with van der Waals surface area (Å²) in [6, 6.07) is 63.8. The third kappa shape index (κ3) is 4.99. The second kappa shape index (κ2) is 12.7. The van der Waals surface area contributed by atoms with Gasteiger partial charge in [0.2, 0.25) is 0 Å². The third-order valence-electron chi connectivity index (χ3n) is 10.8. The van der Waals surface area contributed by atoms with Gasteiger partial charge < -0.3 is 19.3 Å². The van der Waals surface area contributed by atoms with Crippen molar-refractivity contribution in [3.05, 3.63) is 194 Å². The van der Waals surface area contributed by atoms with E-state index in [1.165, 1.54) is 0 Å². The van der Waals surface area contributed by atoms with Crippen molar-refractivity contribution in [2.24, 2.45) is 0 Å². The fourth-order valence-electron chi connectivity index (χ4n) is 8.58. The molecule has 5 nitrogen and oxygen atoms in total. The third-order valence-corrected chi connectivity index (χ3v) is 10.8. The van der Waals surface area contributed by atoms with Crippen LogP contribution >= 0.6 is 0 Å². The number of aromatic nitrogens is 1. The van der Waals surface area contributed by atoms with E-state index in [4.69, 9.17) is 9.47 Å². The first-order chi connectivity index (χ1) is 27.3. The molecule has 3 heterocycles. The van der Waals surface area contributed by atoms with E-state index in [2.05, 4.69) is 185 Å². The minimum atomic E-state index is -0.149. The quantitative estimate of drug-likeness (QED) is 0.161. The van der Waals surface area contributed by atoms with Gasteiger partial charge in [0.15, 0.2) is 0 Å². The molecule has 2 aliphatic heterocycles. The molecule has 8 aromatic carbocycles. The molecular weight excluding hydrogens is 673 g/mol. The molecule has 1 aromatic heterocycles. The first-order valence-electron chi connectivity index (χ1n) is 18.6. The fourth-order valence-corrected chi connectivity index (χ4v) is 8.58. The van der Waals surface area contributed by atoms with Crippen LogP contribution in [0.5, 0.6) is 23.0 Å². The monoisotopic (exact) mass is 705 g/mol. The zero-order valence-electron chi connectivity index (χ0n) is 29.7. The predicted molar refractivity (Wildman–Crippen MR) is 226 cm³/mol. The number of hydrogen-bond acceptors (Lipinski definition) is 5. The van der Waals surface area contributed by atoms with Gasteiger partial charge >= 0.3 is 0 Å². The Balaban J connectivity index is 1.19. The number of rotatable bonds is 6. The van der Waals surface area contributed by atoms with Crippen molar-refractivity contribution >= 4 is 78.8 Å². The van der Waals surface area contributed by atoms with Crippen molar-refractivity contribution < 1.29 is 9.47 Å². The lowest BCUT2D eigenvalue weighted by molar-refractivity contribution is 0.465. The van der Waals surface area contributed by atoms with Crippen LogP contribution in [0.1, 0.15) is 0 Å². The summed E-state index contributed by atoms with van der Waals surface area (Å²) < 4.78 is 14.0. The molecule has 6 heteroatoms. The lowest BCUT2D eigenvalue weighted by Gasteiger charge is -2.36. The minimum absolute atomic E-state index is 0.149. The van der Waals surface area contributed by atoms with Gasteiger partial charge in [0.05, 0.1) is 11.4 Å². The second-order valence-corrected chi connectivity index (χ2v) is 13.9. The summed E-state index contributed by atoms with van der Waals surface area (Å²) in [5, 5.41) is 4.54. The number of hydrogen-bond donors (Lipinski definition) is 0. The zero-order valence-corrected chi connectivity index (χ0v) is 29.7. The molecule has 0 saturated heterocycles. The summed E-state index contributed by atoms with van der Waals surface area (Å²) in [6.07, 6.45) is 3.68. The smallest absolute Gasteiger partial charge is 0.262 e. The SMILES string of the molecule is c1ccc(N(c2ccccc2)c2cc3c(c4ccccc24)B2c4c(cccc4Oc4cc(N(c5ccccc5)c5ccncc5)c5ccccc5c42)O3)cc1. The Kier molecular flexibility index (Phi) is 7.20. The van der Waals surface area contributed by atoms with Crippen molar-refractivity contribution in [2.45, 2.75) is 0 Å². The molecule has 55 heavy (non-hydrogen) atoms. The molecule has 0 spiro atoms. The van der Waals surface area contributed by atoms with Crippen LogP contribution in [0, 0.1) is 0 Å². The molecule has 0 unspecified atom stereocenters. The molecule has 0 fully saturated rings. The van der Waals surface area contributed by atoms with E-state index in [0.717, 1.165) is 95.1 Å². The highest BCUT2D eigenvalue weighted by atomic mass is 16.5. The highest BCUT2D eigenvalue weighted by Gasteiger charge is 2.43. The maximum absolute atomic E-state index is 6.98. The van der Waals surface area contributed by atoms with Crippen molar-refractivity contribution in [1.29, 1.82) is 0 Å². The van der Waals surface area contributed by atoms with Crippen LogP contribution in [0.2, 0.25) is 0 Å². The normalized spacial score (nSPS) is 12.3. The molecule has 9 aromatic rings. The number of pyridine rings is 1. The minimum Gasteiger partial charge on any atom is -0.458 e. The molecule has 0 amide bonds. The summed E-state index contributed by atoms with van der Waals surface area (Å²) in [5.41, 5.74) is 9.61. The van der Waals surface area contributed by atoms with Gasteiger partial charge in [0.1, 0.15) is 23.0 Å². The van der Waals surface area contributed by atoms with Crippen molar-refractivity contribution in [1.82, 2.24) is 4.98 Å². The Morgan fingerprint density at radius 1 is 0.345 bits per heavy atom. The van der Waals surface area contributed by atoms with Gasteiger partial charge in [-0.3, -0.25) is 4.98 Å². The van der Waals surface area contributed by atoms with E-state index < -0.39 is 0 Å². The number of benzene rings is 8. The molecule has 0 radical (unpaired) electrons. The van der Waals surface area contributed by atoms with Crippen LogP contribution in [0.15, 0.2) is 194 Å². The van der Waals surface area contributed by atoms with Gasteiger partial charge in [-0.2, -0.15) is 0 Å². The van der Waals surface area contributed by atoms with Crippen LogP contribution in [-0.2, 0) is 0 Å². The number of para-hydroxylation sites is 3. The molecular formula is C49H32BN3O2. The molecule has 0 bridgehead atoms. The highest BCUT2D eigenvalue weighted by Crippen LogP contribution is 2.46. The van der Waals surface area contributed by atoms with Gasteiger partial charge in [-0.1, -0.05) is 109 Å². The van der Waals surface area contributed by atoms with Gasteiger partial charge in [-0.25, -0.2) is 0 Å². The van der Waals surface area contributed by atoms with Gasteiger partial charge in [-0.05, 0) is 82.4 Å². The van der Waals surface area contributed by atoms with Crippen molar-refractivity contribution in [3.63, 3.8) is 0 Å². The van der Waals surface area contributed by atoms with Crippen LogP contribution in [0.4, 0.5) is 34.1 Å². The van der Waals surface area contributed by atoms with E-state index >= 15 is 0 Å². The van der Waals surface area contributed by atoms with Crippen molar-refractivity contribution in [2.75, 3.05) is 9.80 Å². The van der Waals surface area contributed by atoms with Crippen LogP contribution < -0.4 is 35.7 Å². The van der Waals surface area contributed by atoms with Crippen LogP contribution in [0.25, 0.3) is 21.5 Å². The summed E-state index contributed by atoms with van der Waals surface area (Å²) in [4.78, 5) is 8.96. The summed E-state index contributed by atoms with van der Waals surface area (Å²) in [6.45, 7) is -0.149. The Morgan fingerprint density at radius 3 is 1.16 bits per heavy atom. The van der Waals surface area contributed by atoms with Gasteiger partial charge in [0.25, 0.3) is 6.71 Å². The summed E-state index contributed by atoms with van der Waals surface area (Å²) in [5.74, 6) is 3.28. The maximum atomic E-state index is 6.98. The van der Waals surface area contributed by atoms with Gasteiger partial charge in [0, 0.05) is 63.5 Å². The first kappa shape index (κ1) is 31.2. The van der Waals surface area contributed by atoms with E-state index in [1.807, 2.05) is 24.5 Å². The largest absolute Gasteiger partial charge is 0.458 e. The number of fused-ring (bicyclic) bond motifs is 8. The van der Waals surface area contributed by atoms with Crippen LogP contribution in [-0.4, -0.2) is 11.7 Å². The standard InChI is InChI=1S/C49H32BN3O2/c1-4-15-33(16-5-1)52(34-17-6-2-7-18-34)41-31-45-47(39-23-12-10-21-37(39)41)50-48-40-24-13-11-22-38(40)42(32-46(48)55-44-26-14-25-43(54-45)49(44)50)53(35-19-8-3-9-20-35)36-27-29-51-30-28-36/h1-32H. The van der Waals surface area contributed by atoms with E-state index in [9.17, 15) is 0 Å². The summed E-state index contributed by atoms with van der Waals surface area (Å²) in [7, 11) is 0. The lowest BCUT2D eigenvalue weighted by Crippen LogP contribution is -2.58. The molecule has 0 aliphatic carbocycles. The van der Waals surface area contributed by atoms with E-state index in [-0.39, 0.29) is 6.71 Å². The average Bonchev–Trinajstić information content (AvgIpc) is 3.25. The Hall–Kier alpha value is -7.31. The summed E-state index contributed by atoms with van der Waals surface area (Å²) >= 11 is 0. The van der Waals surface area contributed by atoms with E-state index in [1.54, 1.807) is 0 Å². The molecule has 11 rings (SSSR count). The molecule has 0 atom stereocenters. The Labute approximate surface area is 319 Å².